The molecule has 62 heavy (non-hydrogen) atoms. The Morgan fingerprint density at radius 1 is 0.629 bits per heavy atom. The molecule has 4 aromatic carbocycles. The number of para-hydroxylation sites is 2. The van der Waals surface area contributed by atoms with Gasteiger partial charge in [-0.15, -0.1) is 11.8 Å². The first-order chi connectivity index (χ1) is 29.9. The van der Waals surface area contributed by atoms with Crippen molar-refractivity contribution in [3.05, 3.63) is 103 Å². The van der Waals surface area contributed by atoms with Crippen molar-refractivity contribution in [3.8, 4) is 11.5 Å². The normalized spacial score (nSPS) is 23.2. The summed E-state index contributed by atoms with van der Waals surface area (Å²) in [6.07, 6.45) is 4.49. The van der Waals surface area contributed by atoms with E-state index in [4.69, 9.17) is 14.2 Å². The number of benzene rings is 4. The number of morpholine rings is 1. The van der Waals surface area contributed by atoms with Gasteiger partial charge in [0.1, 0.15) is 23.0 Å². The van der Waals surface area contributed by atoms with Gasteiger partial charge < -0.3 is 24.8 Å². The van der Waals surface area contributed by atoms with Gasteiger partial charge in [0.05, 0.1) is 46.9 Å². The van der Waals surface area contributed by atoms with E-state index in [0.717, 1.165) is 62.9 Å². The number of nitrogens with zero attached hydrogens (tertiary/aromatic N) is 1. The number of piperazine rings is 1. The number of ether oxygens (including phenoxy) is 3. The Morgan fingerprint density at radius 3 is 1.84 bits per heavy atom. The van der Waals surface area contributed by atoms with Gasteiger partial charge in [0.2, 0.25) is 0 Å². The van der Waals surface area contributed by atoms with Gasteiger partial charge in [-0.3, -0.25) is 9.62 Å². The highest BCUT2D eigenvalue weighted by molar-refractivity contribution is 7.99. The second-order valence-electron chi connectivity index (χ2n) is 15.8. The maximum Gasteiger partial charge on any atom is 0.185 e. The molecule has 1 aliphatic carbocycles. The smallest absolute Gasteiger partial charge is 0.185 e. The van der Waals surface area contributed by atoms with Crippen molar-refractivity contribution in [2.45, 2.75) is 56.3 Å². The Morgan fingerprint density at radius 2 is 1.24 bits per heavy atom. The lowest BCUT2D eigenvalue weighted by Crippen LogP contribution is -2.57. The standard InChI is InChI=1S/C8H8O4S2.C8H8O3S.C8H8OS.C7H14N2O.C7H7NS.C6H11N/c9-13(10)5-6-14(11,12)8-4-2-1-3-7(8)13;9-12(10)6-5-11-7-3-1-2-4-8(7)12;1-2-4-8-7(3-1)9-5-6-10-8;1-2-9-3-4-10-6-7(9)5-8-1;1-2-4-7-6(3-1)5-8-9-7;1-2-6(3-1)4-7-5-6/h1-4H,5-6H2;1-4H,5-6H2;1-4H,5-6H2;7-8H,1-6H2;1-4,8H,5H2;7H,1-5H2. The minimum Gasteiger partial charge on any atom is -0.492 e. The summed E-state index contributed by atoms with van der Waals surface area (Å²) in [7, 11) is -9.85. The van der Waals surface area contributed by atoms with Crippen LogP contribution in [0.5, 0.6) is 11.5 Å². The molecule has 4 fully saturated rings. The quantitative estimate of drug-likeness (QED) is 0.199. The van der Waals surface area contributed by atoms with Gasteiger partial charge in [-0.05, 0) is 78.2 Å². The van der Waals surface area contributed by atoms with E-state index in [9.17, 15) is 25.3 Å². The molecule has 0 radical (unpaired) electrons. The third kappa shape index (κ3) is 12.3. The maximum atomic E-state index is 11.5. The Bertz CT molecular complexity index is 2310. The fourth-order valence-electron chi connectivity index (χ4n) is 7.71. The van der Waals surface area contributed by atoms with Crippen molar-refractivity contribution in [3.63, 3.8) is 0 Å². The molecule has 1 saturated carbocycles. The first-order valence-corrected chi connectivity index (χ1v) is 27.8. The minimum atomic E-state index is -3.39. The van der Waals surface area contributed by atoms with Crippen LogP contribution in [0.15, 0.2) is 122 Å². The zero-order chi connectivity index (χ0) is 43.5. The van der Waals surface area contributed by atoms with Crippen molar-refractivity contribution in [1.29, 1.82) is 0 Å². The van der Waals surface area contributed by atoms with Crippen molar-refractivity contribution >= 4 is 53.2 Å². The van der Waals surface area contributed by atoms with E-state index >= 15 is 0 Å². The molecule has 18 heteroatoms. The lowest BCUT2D eigenvalue weighted by atomic mass is 9.65. The Labute approximate surface area is 375 Å². The lowest BCUT2D eigenvalue weighted by molar-refractivity contribution is -0.0168. The predicted octanol–water partition coefficient (Wildman–Crippen LogP) is 5.12. The number of rotatable bonds is 0. The molecule has 0 bridgehead atoms. The van der Waals surface area contributed by atoms with E-state index in [1.807, 2.05) is 30.0 Å². The number of sulfone groups is 3. The summed E-state index contributed by atoms with van der Waals surface area (Å²) < 4.78 is 87.9. The molecule has 3 saturated heterocycles. The highest BCUT2D eigenvalue weighted by atomic mass is 32.2. The van der Waals surface area contributed by atoms with Gasteiger partial charge in [-0.2, -0.15) is 0 Å². The second-order valence-corrected chi connectivity index (χ2v) is 24.1. The lowest BCUT2D eigenvalue weighted by Gasteiger charge is -2.49. The third-order valence-electron chi connectivity index (χ3n) is 11.5. The molecule has 0 amide bonds. The molecule has 0 aromatic heterocycles. The first kappa shape index (κ1) is 46.8. The van der Waals surface area contributed by atoms with Crippen LogP contribution in [0, 0.1) is 5.41 Å². The SMILES string of the molecule is C1CC2(C1)CNC2.C1CN2CCOCC2CN1.O=S1(=O)CCOc2ccccc21.O=S1(=O)CCS(=O)(=O)c2ccccc21.c1ccc2c(c1)CNS2.c1ccc2c(c1)OCCS2. The third-order valence-corrected chi connectivity index (χ3v) is 19.1. The van der Waals surface area contributed by atoms with Crippen molar-refractivity contribution in [1.82, 2.24) is 20.3 Å². The van der Waals surface area contributed by atoms with Gasteiger partial charge in [0, 0.05) is 67.4 Å². The molecule has 3 N–H and O–H groups in total. The molecule has 336 valence electrons. The largest absolute Gasteiger partial charge is 0.492 e. The summed E-state index contributed by atoms with van der Waals surface area (Å²) >= 11 is 3.58. The molecule has 4 aromatic rings. The molecule has 7 heterocycles. The van der Waals surface area contributed by atoms with Gasteiger partial charge in [-0.25, -0.2) is 25.3 Å². The monoisotopic (exact) mass is 944 g/mol. The van der Waals surface area contributed by atoms with Crippen LogP contribution in [-0.4, -0.2) is 125 Å². The fourth-order valence-corrected chi connectivity index (χ4v) is 14.9. The number of hydrogen-bond donors (Lipinski definition) is 3. The summed E-state index contributed by atoms with van der Waals surface area (Å²) in [5, 5.41) is 6.67. The molecule has 12 rings (SSSR count). The molecule has 13 nitrogen and oxygen atoms in total. The van der Waals surface area contributed by atoms with Crippen molar-refractivity contribution in [2.24, 2.45) is 5.41 Å². The van der Waals surface area contributed by atoms with Crippen LogP contribution in [0.4, 0.5) is 0 Å². The van der Waals surface area contributed by atoms with Gasteiger partial charge in [0.25, 0.3) is 0 Å². The molecule has 1 spiro atoms. The fraction of sp³-hybridized carbons (Fsp3) is 0.455. The first-order valence-electron chi connectivity index (χ1n) is 21.0. The average Bonchev–Trinajstić information content (AvgIpc) is 3.75. The molecule has 7 aliphatic heterocycles. The highest BCUT2D eigenvalue weighted by Gasteiger charge is 2.41. The molecule has 8 aliphatic rings. The van der Waals surface area contributed by atoms with Gasteiger partial charge in [-0.1, -0.05) is 61.0 Å². The number of thioether (sulfide) groups is 1. The average molecular weight is 945 g/mol. The summed E-state index contributed by atoms with van der Waals surface area (Å²) in [5.74, 6) is 2.06. The summed E-state index contributed by atoms with van der Waals surface area (Å²) in [4.78, 5) is 5.35. The number of fused-ring (bicyclic) bond motifs is 5. The maximum absolute atomic E-state index is 11.5. The van der Waals surface area contributed by atoms with Crippen LogP contribution in [-0.2, 0) is 40.8 Å². The summed E-state index contributed by atoms with van der Waals surface area (Å²) in [6.45, 7) is 11.2. The van der Waals surface area contributed by atoms with E-state index in [2.05, 4.69) is 50.6 Å². The van der Waals surface area contributed by atoms with E-state index in [1.165, 1.54) is 78.5 Å². The van der Waals surface area contributed by atoms with Crippen molar-refractivity contribution < 1.29 is 39.5 Å². The molecule has 1 unspecified atom stereocenters. The molecule has 1 atom stereocenters. The minimum absolute atomic E-state index is 0.0637. The zero-order valence-corrected chi connectivity index (χ0v) is 38.8. The van der Waals surface area contributed by atoms with Crippen LogP contribution in [0.3, 0.4) is 0 Å². The number of hydrogen-bond acceptors (Lipinski definition) is 15. The van der Waals surface area contributed by atoms with Gasteiger partial charge in [0.15, 0.2) is 29.5 Å². The van der Waals surface area contributed by atoms with E-state index < -0.39 is 29.5 Å². The Kier molecular flexibility index (Phi) is 16.4. The topological polar surface area (TPSA) is 169 Å². The highest BCUT2D eigenvalue weighted by Crippen LogP contribution is 2.43. The zero-order valence-electron chi connectivity index (χ0n) is 34.7. The Balaban J connectivity index is 0.000000113. The van der Waals surface area contributed by atoms with Crippen LogP contribution in [0.1, 0.15) is 24.8 Å². The van der Waals surface area contributed by atoms with E-state index in [1.54, 1.807) is 36.2 Å². The van der Waals surface area contributed by atoms with Gasteiger partial charge >= 0.3 is 0 Å². The predicted molar refractivity (Wildman–Crippen MR) is 245 cm³/mol. The molecular weight excluding hydrogens is 889 g/mol. The Hall–Kier alpha value is -3.17. The molecular formula is C44H56N4O9S5. The van der Waals surface area contributed by atoms with Crippen LogP contribution < -0.4 is 24.8 Å². The van der Waals surface area contributed by atoms with Crippen molar-refractivity contribution in [2.75, 3.05) is 88.7 Å². The summed E-state index contributed by atoms with van der Waals surface area (Å²) in [5.41, 5.74) is 2.25. The summed E-state index contributed by atoms with van der Waals surface area (Å²) in [6, 6.07) is 29.7. The second kappa shape index (κ2) is 21.7. The number of nitrogens with one attached hydrogen (secondary N) is 3. The van der Waals surface area contributed by atoms with E-state index in [-0.39, 0.29) is 33.7 Å². The van der Waals surface area contributed by atoms with Crippen LogP contribution >= 0.6 is 23.7 Å². The van der Waals surface area contributed by atoms with Crippen LogP contribution in [0.2, 0.25) is 0 Å². The van der Waals surface area contributed by atoms with Crippen LogP contribution in [0.25, 0.3) is 0 Å². The van der Waals surface area contributed by atoms with E-state index in [0.29, 0.717) is 16.7 Å².